The Hall–Kier alpha value is -1.40. The first-order valence-electron chi connectivity index (χ1n) is 12.8. The summed E-state index contributed by atoms with van der Waals surface area (Å²) in [5.41, 5.74) is -0.254. The molecular weight excluding hydrogens is 406 g/mol. The highest BCUT2D eigenvalue weighted by molar-refractivity contribution is 5.71. The van der Waals surface area contributed by atoms with Crippen molar-refractivity contribution in [2.24, 2.45) is 39.9 Å². The van der Waals surface area contributed by atoms with Crippen LogP contribution in [-0.2, 0) is 19.1 Å². The Bertz CT molecular complexity index is 964. The van der Waals surface area contributed by atoms with Crippen LogP contribution in [0.1, 0.15) is 65.7 Å². The van der Waals surface area contributed by atoms with Gasteiger partial charge in [-0.05, 0) is 36.2 Å². The van der Waals surface area contributed by atoms with Crippen LogP contribution in [0, 0.1) is 39.9 Å². The van der Waals surface area contributed by atoms with Crippen LogP contribution in [0.15, 0.2) is 12.2 Å². The lowest BCUT2D eigenvalue weighted by Gasteiger charge is -2.68. The van der Waals surface area contributed by atoms with Crippen LogP contribution in [0.25, 0.3) is 0 Å². The van der Waals surface area contributed by atoms with E-state index in [0.717, 1.165) is 37.8 Å². The van der Waals surface area contributed by atoms with Crippen molar-refractivity contribution in [1.29, 1.82) is 0 Å². The highest BCUT2D eigenvalue weighted by Crippen LogP contribution is 2.89. The van der Waals surface area contributed by atoms with Crippen LogP contribution in [0.3, 0.4) is 0 Å². The molecular formula is C26H35NO5. The molecule has 2 spiro atoms. The average molecular weight is 442 g/mol. The SMILES string of the molecule is C=C1[C@H]2C[C@@H]3C4N5C[C@]6(C)CCC[C@@]47[C@@H]6[C@@]5(O)C[C@]3([C@@H]1OC(=O)CC)[C@H]7[C@H]2OC(=O)CC. The minimum absolute atomic E-state index is 0.0389. The van der Waals surface area contributed by atoms with E-state index in [1.54, 1.807) is 0 Å². The lowest BCUT2D eigenvalue weighted by molar-refractivity contribution is -0.278. The third-order valence-corrected chi connectivity index (χ3v) is 11.4. The number of esters is 2. The van der Waals surface area contributed by atoms with E-state index in [0.29, 0.717) is 31.2 Å². The van der Waals surface area contributed by atoms with Crippen molar-refractivity contribution in [3.63, 3.8) is 0 Å². The maximum Gasteiger partial charge on any atom is 0.306 e. The van der Waals surface area contributed by atoms with Gasteiger partial charge in [0, 0.05) is 60.4 Å². The third-order valence-electron chi connectivity index (χ3n) is 11.4. The first-order chi connectivity index (χ1) is 15.2. The van der Waals surface area contributed by atoms with E-state index in [1.807, 2.05) is 13.8 Å². The molecule has 0 aromatic heterocycles. The van der Waals surface area contributed by atoms with Crippen molar-refractivity contribution in [3.8, 4) is 0 Å². The predicted octanol–water partition coefficient (Wildman–Crippen LogP) is 3.04. The first-order valence-corrected chi connectivity index (χ1v) is 12.8. The molecule has 174 valence electrons. The summed E-state index contributed by atoms with van der Waals surface area (Å²) in [6.45, 7) is 11.4. The van der Waals surface area contributed by atoms with Gasteiger partial charge in [-0.2, -0.15) is 0 Å². The Labute approximate surface area is 189 Å². The molecule has 6 saturated carbocycles. The first kappa shape index (κ1) is 20.0. The Kier molecular flexibility index (Phi) is 3.52. The van der Waals surface area contributed by atoms with Crippen molar-refractivity contribution >= 4 is 11.9 Å². The molecule has 9 aliphatic rings. The van der Waals surface area contributed by atoms with Crippen molar-refractivity contribution in [2.75, 3.05) is 6.54 Å². The molecule has 9 bridgehead atoms. The fourth-order valence-corrected chi connectivity index (χ4v) is 11.3. The fraction of sp³-hybridized carbons (Fsp3) is 0.846. The minimum Gasteiger partial charge on any atom is -0.461 e. The zero-order valence-electron chi connectivity index (χ0n) is 19.4. The molecule has 6 heteroatoms. The van der Waals surface area contributed by atoms with E-state index in [1.165, 1.54) is 0 Å². The highest BCUT2D eigenvalue weighted by Gasteiger charge is 2.94. The van der Waals surface area contributed by atoms with E-state index in [2.05, 4.69) is 18.4 Å². The topological polar surface area (TPSA) is 76.1 Å². The molecule has 12 atom stereocenters. The Balaban J connectivity index is 1.45. The normalized spacial score (nSPS) is 59.6. The molecule has 0 radical (unpaired) electrons. The van der Waals surface area contributed by atoms with Gasteiger partial charge in [-0.3, -0.25) is 14.5 Å². The number of aliphatic hydroxyl groups is 1. The molecule has 0 aromatic rings. The number of piperidine rings is 2. The quantitative estimate of drug-likeness (QED) is 0.534. The van der Waals surface area contributed by atoms with Gasteiger partial charge >= 0.3 is 11.9 Å². The summed E-state index contributed by atoms with van der Waals surface area (Å²) in [4.78, 5) is 27.6. The van der Waals surface area contributed by atoms with Crippen LogP contribution >= 0.6 is 0 Å². The smallest absolute Gasteiger partial charge is 0.306 e. The summed E-state index contributed by atoms with van der Waals surface area (Å²) in [5.74, 6) is 0.395. The molecule has 3 saturated heterocycles. The van der Waals surface area contributed by atoms with Crippen LogP contribution in [0.2, 0.25) is 0 Å². The molecule has 0 aromatic carbocycles. The molecule has 1 N–H and O–H groups in total. The van der Waals surface area contributed by atoms with Crippen molar-refractivity contribution in [3.05, 3.63) is 12.2 Å². The fourth-order valence-electron chi connectivity index (χ4n) is 11.3. The third kappa shape index (κ3) is 1.75. The average Bonchev–Trinajstić information content (AvgIpc) is 3.11. The van der Waals surface area contributed by atoms with Crippen LogP contribution in [-0.4, -0.2) is 52.5 Å². The number of nitrogens with zero attached hydrogens (tertiary/aromatic N) is 1. The molecule has 3 heterocycles. The number of hydrogen-bond acceptors (Lipinski definition) is 6. The lowest BCUT2D eigenvalue weighted by atomic mass is 9.38. The maximum absolute atomic E-state index is 12.6. The molecule has 9 rings (SSSR count). The van der Waals surface area contributed by atoms with Crippen LogP contribution < -0.4 is 0 Å². The van der Waals surface area contributed by atoms with Crippen molar-refractivity contribution < 1.29 is 24.2 Å². The predicted molar refractivity (Wildman–Crippen MR) is 115 cm³/mol. The lowest BCUT2D eigenvalue weighted by Crippen LogP contribution is -2.72. The summed E-state index contributed by atoms with van der Waals surface area (Å²) in [7, 11) is 0. The molecule has 0 amide bonds. The van der Waals surface area contributed by atoms with E-state index in [-0.39, 0.29) is 58.1 Å². The second-order valence-corrected chi connectivity index (χ2v) is 12.3. The number of carbonyl (C=O) groups is 2. The Morgan fingerprint density at radius 1 is 1.16 bits per heavy atom. The largest absolute Gasteiger partial charge is 0.461 e. The monoisotopic (exact) mass is 441 g/mol. The Morgan fingerprint density at radius 3 is 2.59 bits per heavy atom. The van der Waals surface area contributed by atoms with Crippen molar-refractivity contribution in [1.82, 2.24) is 4.90 Å². The van der Waals surface area contributed by atoms with Gasteiger partial charge in [0.15, 0.2) is 0 Å². The van der Waals surface area contributed by atoms with Crippen LogP contribution in [0.4, 0.5) is 0 Å². The molecule has 6 nitrogen and oxygen atoms in total. The second-order valence-electron chi connectivity index (χ2n) is 12.3. The summed E-state index contributed by atoms with van der Waals surface area (Å²) in [5, 5.41) is 12.3. The van der Waals surface area contributed by atoms with E-state index in [4.69, 9.17) is 9.47 Å². The van der Waals surface area contributed by atoms with Gasteiger partial charge in [0.05, 0.1) is 0 Å². The molecule has 32 heavy (non-hydrogen) atoms. The molecule has 9 fully saturated rings. The van der Waals surface area contributed by atoms with Gasteiger partial charge in [0.1, 0.15) is 17.9 Å². The van der Waals surface area contributed by atoms with Gasteiger partial charge in [-0.15, -0.1) is 0 Å². The summed E-state index contributed by atoms with van der Waals surface area (Å²) < 4.78 is 12.5. The number of ether oxygens (including phenoxy) is 2. The molecule has 3 aliphatic heterocycles. The molecule has 6 aliphatic carbocycles. The number of carbonyl (C=O) groups excluding carboxylic acids is 2. The van der Waals surface area contributed by atoms with Gasteiger partial charge < -0.3 is 14.6 Å². The standard InChI is InChI=1S/C26H35NO5/c1-5-16(28)31-18-14-10-15-20-24-9-7-8-23(4)12-27(20)26(30,22(23)24)11-25(15,19(18)24)21(13(14)3)32-17(29)6-2/h14-15,18-22,30H,3,5-12H2,1-2,4H3/t14-,15-,18+,19+,20?,21-,22-,23+,24+,25-,26+/m1/s1. The van der Waals surface area contributed by atoms with Gasteiger partial charge in [0.2, 0.25) is 0 Å². The van der Waals surface area contributed by atoms with Gasteiger partial charge in [-0.1, -0.05) is 33.8 Å². The Morgan fingerprint density at radius 2 is 1.88 bits per heavy atom. The number of hydrogen-bond donors (Lipinski definition) is 1. The van der Waals surface area contributed by atoms with E-state index < -0.39 is 5.72 Å². The maximum atomic E-state index is 12.6. The second kappa shape index (κ2) is 5.63. The summed E-state index contributed by atoms with van der Waals surface area (Å²) >= 11 is 0. The van der Waals surface area contributed by atoms with E-state index >= 15 is 0 Å². The van der Waals surface area contributed by atoms with Gasteiger partial charge in [-0.25, -0.2) is 0 Å². The highest BCUT2D eigenvalue weighted by atomic mass is 16.6. The number of rotatable bonds is 4. The zero-order chi connectivity index (χ0) is 22.4. The van der Waals surface area contributed by atoms with Gasteiger partial charge in [0.25, 0.3) is 0 Å². The zero-order valence-corrected chi connectivity index (χ0v) is 19.4. The number of fused-ring (bicyclic) bond motifs is 1. The van der Waals surface area contributed by atoms with Crippen molar-refractivity contribution in [2.45, 2.75) is 89.7 Å². The minimum atomic E-state index is -0.840. The summed E-state index contributed by atoms with van der Waals surface area (Å²) in [6, 6.07) is 0.299. The summed E-state index contributed by atoms with van der Waals surface area (Å²) in [6.07, 6.45) is 5.05. The van der Waals surface area contributed by atoms with Crippen LogP contribution in [0.5, 0.6) is 0 Å². The van der Waals surface area contributed by atoms with E-state index in [9.17, 15) is 14.7 Å². The molecule has 2 unspecified atom stereocenters.